The van der Waals surface area contributed by atoms with Crippen LogP contribution in [0.3, 0.4) is 0 Å². The van der Waals surface area contributed by atoms with Crippen LogP contribution in [0.4, 0.5) is 10.1 Å². The summed E-state index contributed by atoms with van der Waals surface area (Å²) in [6.07, 6.45) is 2.10. The fraction of sp³-hybridized carbons (Fsp3) is 0.562. The quantitative estimate of drug-likeness (QED) is 0.886. The molecule has 110 valence electrons. The highest BCUT2D eigenvalue weighted by Crippen LogP contribution is 2.39. The molecule has 2 N–H and O–H groups in total. The van der Waals surface area contributed by atoms with Crippen LogP contribution in [-0.2, 0) is 11.2 Å². The third-order valence-corrected chi connectivity index (χ3v) is 4.41. The van der Waals surface area contributed by atoms with Crippen LogP contribution in [0.5, 0.6) is 0 Å². The summed E-state index contributed by atoms with van der Waals surface area (Å²) in [6, 6.07) is 3.32. The molecular formula is C16H23FN2O. The van der Waals surface area contributed by atoms with Crippen LogP contribution < -0.4 is 10.6 Å². The second-order valence-electron chi connectivity index (χ2n) is 6.14. The van der Waals surface area contributed by atoms with Crippen molar-refractivity contribution in [3.8, 4) is 0 Å². The molecule has 0 fully saturated rings. The molecule has 0 aliphatic carbocycles. The van der Waals surface area contributed by atoms with Gasteiger partial charge < -0.3 is 10.6 Å². The normalized spacial score (nSPS) is 16.6. The number of amides is 1. The Morgan fingerprint density at radius 1 is 1.40 bits per heavy atom. The van der Waals surface area contributed by atoms with Gasteiger partial charge in [-0.1, -0.05) is 20.8 Å². The lowest BCUT2D eigenvalue weighted by atomic mass is 9.77. The Morgan fingerprint density at radius 2 is 2.10 bits per heavy atom. The molecule has 2 rings (SSSR count). The zero-order valence-corrected chi connectivity index (χ0v) is 12.6. The van der Waals surface area contributed by atoms with Crippen molar-refractivity contribution in [2.24, 2.45) is 5.41 Å². The second kappa shape index (κ2) is 5.52. The van der Waals surface area contributed by atoms with E-state index in [1.165, 1.54) is 6.07 Å². The van der Waals surface area contributed by atoms with Crippen molar-refractivity contribution in [2.75, 3.05) is 12.4 Å². The van der Waals surface area contributed by atoms with Crippen LogP contribution in [0.15, 0.2) is 12.1 Å². The summed E-state index contributed by atoms with van der Waals surface area (Å²) in [5.41, 5.74) is 2.29. The van der Waals surface area contributed by atoms with Gasteiger partial charge in [-0.15, -0.1) is 0 Å². The number of halogens is 1. The van der Waals surface area contributed by atoms with Crippen molar-refractivity contribution in [1.29, 1.82) is 0 Å². The summed E-state index contributed by atoms with van der Waals surface area (Å²) in [6.45, 7) is 6.38. The van der Waals surface area contributed by atoms with Crippen molar-refractivity contribution < 1.29 is 9.18 Å². The first-order valence-electron chi connectivity index (χ1n) is 7.18. The van der Waals surface area contributed by atoms with Crippen LogP contribution in [-0.4, -0.2) is 13.0 Å². The van der Waals surface area contributed by atoms with Crippen molar-refractivity contribution in [3.63, 3.8) is 0 Å². The highest BCUT2D eigenvalue weighted by molar-refractivity contribution is 5.93. The summed E-state index contributed by atoms with van der Waals surface area (Å²) in [7, 11) is 1.86. The zero-order valence-electron chi connectivity index (χ0n) is 12.6. The lowest BCUT2D eigenvalue weighted by molar-refractivity contribution is -0.116. The molecule has 0 radical (unpaired) electrons. The van der Waals surface area contributed by atoms with E-state index in [2.05, 4.69) is 31.4 Å². The summed E-state index contributed by atoms with van der Waals surface area (Å²) in [5, 5.41) is 5.98. The van der Waals surface area contributed by atoms with E-state index in [0.29, 0.717) is 24.1 Å². The molecule has 0 spiro atoms. The predicted molar refractivity (Wildman–Crippen MR) is 79.2 cm³/mol. The highest BCUT2D eigenvalue weighted by atomic mass is 19.1. The molecule has 3 nitrogen and oxygen atoms in total. The van der Waals surface area contributed by atoms with E-state index >= 15 is 0 Å². The molecule has 0 saturated heterocycles. The van der Waals surface area contributed by atoms with Crippen LogP contribution in [0.25, 0.3) is 0 Å². The lowest BCUT2D eigenvalue weighted by Crippen LogP contribution is -2.32. The molecule has 20 heavy (non-hydrogen) atoms. The molecular weight excluding hydrogens is 255 g/mol. The number of nitrogens with one attached hydrogen (secondary N) is 2. The summed E-state index contributed by atoms with van der Waals surface area (Å²) in [4.78, 5) is 11.4. The largest absolute Gasteiger partial charge is 0.326 e. The summed E-state index contributed by atoms with van der Waals surface area (Å²) in [5.74, 6) is -0.296. The number of aryl methyl sites for hydroxylation is 1. The average Bonchev–Trinajstić information content (AvgIpc) is 2.40. The first-order chi connectivity index (χ1) is 9.39. The minimum Gasteiger partial charge on any atom is -0.326 e. The van der Waals surface area contributed by atoms with Crippen molar-refractivity contribution in [3.05, 3.63) is 29.1 Å². The number of anilines is 1. The maximum absolute atomic E-state index is 14.4. The number of carbonyl (C=O) groups is 1. The average molecular weight is 278 g/mol. The SMILES string of the molecule is CCC(C)(C)C(NC)c1cc2c(cc1F)NC(=O)CC2. The van der Waals surface area contributed by atoms with E-state index in [-0.39, 0.29) is 23.2 Å². The van der Waals surface area contributed by atoms with Crippen LogP contribution in [0, 0.1) is 11.2 Å². The molecule has 1 aromatic carbocycles. The van der Waals surface area contributed by atoms with Gasteiger partial charge >= 0.3 is 0 Å². The Hall–Kier alpha value is -1.42. The molecule has 1 unspecified atom stereocenters. The molecule has 1 atom stereocenters. The standard InChI is InChI=1S/C16H23FN2O/c1-5-16(2,3)15(18-4)11-8-10-6-7-14(20)19-13(10)9-12(11)17/h8-9,15,18H,5-7H2,1-4H3,(H,19,20). The number of benzene rings is 1. The minimum absolute atomic E-state index is 0.0382. The van der Waals surface area contributed by atoms with E-state index < -0.39 is 0 Å². The Kier molecular flexibility index (Phi) is 4.14. The predicted octanol–water partition coefficient (Wildman–Crippen LogP) is 3.41. The van der Waals surface area contributed by atoms with Gasteiger partial charge in [0.1, 0.15) is 5.82 Å². The first-order valence-corrected chi connectivity index (χ1v) is 7.18. The zero-order chi connectivity index (χ0) is 14.9. The molecule has 0 saturated carbocycles. The van der Waals surface area contributed by atoms with Gasteiger partial charge in [-0.05, 0) is 43.0 Å². The van der Waals surface area contributed by atoms with Gasteiger partial charge in [-0.3, -0.25) is 4.79 Å². The van der Waals surface area contributed by atoms with Gasteiger partial charge in [0.25, 0.3) is 0 Å². The van der Waals surface area contributed by atoms with Crippen LogP contribution in [0.2, 0.25) is 0 Å². The molecule has 0 aromatic heterocycles. The smallest absolute Gasteiger partial charge is 0.224 e. The van der Waals surface area contributed by atoms with E-state index in [0.717, 1.165) is 12.0 Å². The summed E-state index contributed by atoms with van der Waals surface area (Å²) < 4.78 is 14.4. The van der Waals surface area contributed by atoms with Gasteiger partial charge in [0.05, 0.1) is 0 Å². The Labute approximate surface area is 120 Å². The number of rotatable bonds is 4. The van der Waals surface area contributed by atoms with Crippen molar-refractivity contribution >= 4 is 11.6 Å². The van der Waals surface area contributed by atoms with E-state index in [9.17, 15) is 9.18 Å². The number of hydrogen-bond donors (Lipinski definition) is 2. The fourth-order valence-corrected chi connectivity index (χ4v) is 2.81. The highest BCUT2D eigenvalue weighted by Gasteiger charge is 2.31. The second-order valence-corrected chi connectivity index (χ2v) is 6.14. The molecule has 1 aliphatic heterocycles. The lowest BCUT2D eigenvalue weighted by Gasteiger charge is -2.34. The first kappa shape index (κ1) is 15.0. The van der Waals surface area contributed by atoms with Gasteiger partial charge in [-0.25, -0.2) is 4.39 Å². The fourth-order valence-electron chi connectivity index (χ4n) is 2.81. The Balaban J connectivity index is 2.44. The molecule has 4 heteroatoms. The summed E-state index contributed by atoms with van der Waals surface area (Å²) >= 11 is 0. The van der Waals surface area contributed by atoms with Crippen molar-refractivity contribution in [1.82, 2.24) is 5.32 Å². The van der Waals surface area contributed by atoms with Gasteiger partial charge in [-0.2, -0.15) is 0 Å². The monoisotopic (exact) mass is 278 g/mol. The number of hydrogen-bond acceptors (Lipinski definition) is 2. The van der Waals surface area contributed by atoms with Crippen LogP contribution >= 0.6 is 0 Å². The van der Waals surface area contributed by atoms with Gasteiger partial charge in [0.2, 0.25) is 5.91 Å². The number of carbonyl (C=O) groups excluding carboxylic acids is 1. The maximum atomic E-state index is 14.4. The van der Waals surface area contributed by atoms with E-state index in [1.807, 2.05) is 13.1 Å². The molecule has 0 bridgehead atoms. The molecule has 1 aromatic rings. The van der Waals surface area contributed by atoms with Gasteiger partial charge in [0.15, 0.2) is 0 Å². The number of fused-ring (bicyclic) bond motifs is 1. The Morgan fingerprint density at radius 3 is 2.70 bits per heavy atom. The maximum Gasteiger partial charge on any atom is 0.224 e. The van der Waals surface area contributed by atoms with E-state index in [1.54, 1.807) is 0 Å². The minimum atomic E-state index is -0.258. The van der Waals surface area contributed by atoms with Crippen LogP contribution in [0.1, 0.15) is 50.8 Å². The van der Waals surface area contributed by atoms with Crippen molar-refractivity contribution in [2.45, 2.75) is 46.1 Å². The third kappa shape index (κ3) is 2.70. The third-order valence-electron chi connectivity index (χ3n) is 4.41. The van der Waals surface area contributed by atoms with E-state index in [4.69, 9.17) is 0 Å². The molecule has 1 aliphatic rings. The molecule has 1 amide bonds. The Bertz CT molecular complexity index is 525. The topological polar surface area (TPSA) is 41.1 Å². The van der Waals surface area contributed by atoms with Gasteiger partial charge in [0, 0.05) is 23.7 Å². The molecule has 1 heterocycles.